The SMILES string of the molecule is CC(C)N(CCC(=O)O)C(=O)c1nn[nH]n1. The fraction of sp³-hybridized carbons (Fsp3) is 0.625. The second-order valence-corrected chi connectivity index (χ2v) is 3.47. The summed E-state index contributed by atoms with van der Waals surface area (Å²) >= 11 is 0. The number of hydrogen-bond donors (Lipinski definition) is 2. The highest BCUT2D eigenvalue weighted by Crippen LogP contribution is 2.04. The number of H-pyrrole nitrogens is 1. The lowest BCUT2D eigenvalue weighted by Gasteiger charge is -2.24. The van der Waals surface area contributed by atoms with Gasteiger partial charge in [0.15, 0.2) is 0 Å². The van der Waals surface area contributed by atoms with Gasteiger partial charge in [0.05, 0.1) is 6.42 Å². The number of tetrazole rings is 1. The van der Waals surface area contributed by atoms with Crippen molar-refractivity contribution in [3.8, 4) is 0 Å². The number of nitrogens with one attached hydrogen (secondary N) is 1. The van der Waals surface area contributed by atoms with Gasteiger partial charge in [-0.15, -0.1) is 10.2 Å². The highest BCUT2D eigenvalue weighted by atomic mass is 16.4. The first-order valence-corrected chi connectivity index (χ1v) is 4.78. The Bertz CT molecular complexity index is 362. The van der Waals surface area contributed by atoms with Crippen LogP contribution in [0.25, 0.3) is 0 Å². The summed E-state index contributed by atoms with van der Waals surface area (Å²) in [7, 11) is 0. The van der Waals surface area contributed by atoms with Gasteiger partial charge >= 0.3 is 5.97 Å². The minimum atomic E-state index is -0.952. The molecule has 0 saturated heterocycles. The summed E-state index contributed by atoms with van der Waals surface area (Å²) < 4.78 is 0. The Balaban J connectivity index is 2.70. The highest BCUT2D eigenvalue weighted by molar-refractivity contribution is 5.90. The molecule has 2 N–H and O–H groups in total. The number of carboxylic acids is 1. The van der Waals surface area contributed by atoms with Crippen LogP contribution in [-0.4, -0.2) is 55.1 Å². The first-order chi connectivity index (χ1) is 7.52. The molecule has 1 amide bonds. The quantitative estimate of drug-likeness (QED) is 0.702. The van der Waals surface area contributed by atoms with Crippen molar-refractivity contribution in [2.45, 2.75) is 26.3 Å². The Morgan fingerprint density at radius 3 is 2.62 bits per heavy atom. The standard InChI is InChI=1S/C8H13N5O3/c1-5(2)13(4-3-6(14)15)8(16)7-9-11-12-10-7/h5H,3-4H2,1-2H3,(H,14,15)(H,9,10,11,12). The van der Waals surface area contributed by atoms with Crippen molar-refractivity contribution in [1.82, 2.24) is 25.5 Å². The number of aliphatic carboxylic acids is 1. The maximum absolute atomic E-state index is 11.8. The molecule has 0 radical (unpaired) electrons. The van der Waals surface area contributed by atoms with E-state index in [1.165, 1.54) is 4.90 Å². The number of rotatable bonds is 5. The maximum Gasteiger partial charge on any atom is 0.305 e. The van der Waals surface area contributed by atoms with Crippen molar-refractivity contribution in [2.24, 2.45) is 0 Å². The predicted molar refractivity (Wildman–Crippen MR) is 52.6 cm³/mol. The highest BCUT2D eigenvalue weighted by Gasteiger charge is 2.22. The molecular formula is C8H13N5O3. The molecule has 1 heterocycles. The average molecular weight is 227 g/mol. The van der Waals surface area contributed by atoms with E-state index >= 15 is 0 Å². The van der Waals surface area contributed by atoms with Crippen molar-refractivity contribution < 1.29 is 14.7 Å². The minimum Gasteiger partial charge on any atom is -0.481 e. The van der Waals surface area contributed by atoms with Crippen LogP contribution < -0.4 is 0 Å². The van der Waals surface area contributed by atoms with Gasteiger partial charge in [0.2, 0.25) is 0 Å². The molecule has 8 heteroatoms. The van der Waals surface area contributed by atoms with Gasteiger partial charge in [-0.1, -0.05) is 0 Å². The van der Waals surface area contributed by atoms with E-state index in [-0.39, 0.29) is 24.8 Å². The van der Waals surface area contributed by atoms with Crippen molar-refractivity contribution >= 4 is 11.9 Å². The third kappa shape index (κ3) is 3.01. The fourth-order valence-corrected chi connectivity index (χ4v) is 1.19. The summed E-state index contributed by atoms with van der Waals surface area (Å²) in [6, 6.07) is -0.120. The van der Waals surface area contributed by atoms with Crippen LogP contribution in [0.15, 0.2) is 0 Å². The fourth-order valence-electron chi connectivity index (χ4n) is 1.19. The smallest absolute Gasteiger partial charge is 0.305 e. The molecule has 0 aliphatic heterocycles. The van der Waals surface area contributed by atoms with Crippen LogP contribution in [0.3, 0.4) is 0 Å². The summed E-state index contributed by atoms with van der Waals surface area (Å²) in [5.41, 5.74) is 0. The molecule has 0 aliphatic carbocycles. The van der Waals surface area contributed by atoms with Crippen LogP contribution in [0.5, 0.6) is 0 Å². The van der Waals surface area contributed by atoms with Gasteiger partial charge in [0, 0.05) is 12.6 Å². The van der Waals surface area contributed by atoms with Gasteiger partial charge in [-0.2, -0.15) is 5.21 Å². The van der Waals surface area contributed by atoms with Gasteiger partial charge in [-0.3, -0.25) is 9.59 Å². The van der Waals surface area contributed by atoms with Crippen LogP contribution in [0.2, 0.25) is 0 Å². The monoisotopic (exact) mass is 227 g/mol. The first kappa shape index (κ1) is 12.1. The van der Waals surface area contributed by atoms with Gasteiger partial charge in [-0.25, -0.2) is 0 Å². The van der Waals surface area contributed by atoms with E-state index in [0.29, 0.717) is 0 Å². The molecule has 1 aromatic rings. The molecule has 0 aromatic carbocycles. The number of nitrogens with zero attached hydrogens (tertiary/aromatic N) is 4. The third-order valence-electron chi connectivity index (χ3n) is 1.99. The van der Waals surface area contributed by atoms with Crippen LogP contribution in [0, 0.1) is 0 Å². The number of aromatic amines is 1. The summed E-state index contributed by atoms with van der Waals surface area (Å²) in [6.07, 6.45) is -0.109. The zero-order valence-electron chi connectivity index (χ0n) is 9.04. The summed E-state index contributed by atoms with van der Waals surface area (Å²) in [6.45, 7) is 3.71. The molecule has 0 unspecified atom stereocenters. The van der Waals surface area contributed by atoms with Crippen molar-refractivity contribution in [3.05, 3.63) is 5.82 Å². The van der Waals surface area contributed by atoms with Crippen LogP contribution in [0.4, 0.5) is 0 Å². The number of amides is 1. The Morgan fingerprint density at radius 2 is 2.19 bits per heavy atom. The molecule has 0 fully saturated rings. The Hall–Kier alpha value is -1.99. The van der Waals surface area contributed by atoms with E-state index in [2.05, 4.69) is 20.6 Å². The molecule has 0 bridgehead atoms. The second kappa shape index (κ2) is 5.19. The van der Waals surface area contributed by atoms with Crippen LogP contribution in [0.1, 0.15) is 30.9 Å². The minimum absolute atomic E-state index is 0.0564. The molecule has 0 saturated carbocycles. The molecule has 1 aromatic heterocycles. The Labute approximate surface area is 91.6 Å². The zero-order valence-corrected chi connectivity index (χ0v) is 9.04. The zero-order chi connectivity index (χ0) is 12.1. The van der Waals surface area contributed by atoms with Gasteiger partial charge in [0.25, 0.3) is 11.7 Å². The normalized spacial score (nSPS) is 10.4. The third-order valence-corrected chi connectivity index (χ3v) is 1.99. The Kier molecular flexibility index (Phi) is 3.92. The largest absolute Gasteiger partial charge is 0.481 e. The van der Waals surface area contributed by atoms with Gasteiger partial charge in [0.1, 0.15) is 0 Å². The van der Waals surface area contributed by atoms with E-state index in [1.807, 2.05) is 0 Å². The van der Waals surface area contributed by atoms with Crippen molar-refractivity contribution in [3.63, 3.8) is 0 Å². The summed E-state index contributed by atoms with van der Waals surface area (Å²) in [5, 5.41) is 21.1. The molecular weight excluding hydrogens is 214 g/mol. The molecule has 0 atom stereocenters. The van der Waals surface area contributed by atoms with Crippen molar-refractivity contribution in [1.29, 1.82) is 0 Å². The second-order valence-electron chi connectivity index (χ2n) is 3.47. The van der Waals surface area contributed by atoms with E-state index in [1.54, 1.807) is 13.8 Å². The molecule has 1 rings (SSSR count). The lowest BCUT2D eigenvalue weighted by atomic mass is 10.2. The van der Waals surface area contributed by atoms with Crippen LogP contribution in [-0.2, 0) is 4.79 Å². The topological polar surface area (TPSA) is 112 Å². The van der Waals surface area contributed by atoms with Gasteiger partial charge in [-0.05, 0) is 19.1 Å². The number of aromatic nitrogens is 4. The predicted octanol–water partition coefficient (Wildman–Crippen LogP) is -0.475. The Morgan fingerprint density at radius 1 is 1.50 bits per heavy atom. The first-order valence-electron chi connectivity index (χ1n) is 4.78. The summed E-state index contributed by atoms with van der Waals surface area (Å²) in [5.74, 6) is -1.43. The summed E-state index contributed by atoms with van der Waals surface area (Å²) in [4.78, 5) is 23.6. The number of hydrogen-bond acceptors (Lipinski definition) is 5. The van der Waals surface area contributed by atoms with E-state index in [9.17, 15) is 9.59 Å². The average Bonchev–Trinajstić information content (AvgIpc) is 2.69. The molecule has 8 nitrogen and oxygen atoms in total. The number of carbonyl (C=O) groups is 2. The van der Waals surface area contributed by atoms with E-state index < -0.39 is 11.9 Å². The lowest BCUT2D eigenvalue weighted by molar-refractivity contribution is -0.137. The molecule has 0 aliphatic rings. The van der Waals surface area contributed by atoms with Gasteiger partial charge < -0.3 is 10.0 Å². The van der Waals surface area contributed by atoms with E-state index in [4.69, 9.17) is 5.11 Å². The van der Waals surface area contributed by atoms with E-state index in [0.717, 1.165) is 0 Å². The molecule has 16 heavy (non-hydrogen) atoms. The maximum atomic E-state index is 11.8. The molecule has 88 valence electrons. The number of carbonyl (C=O) groups excluding carboxylic acids is 1. The number of carboxylic acid groups (broad SMARTS) is 1. The van der Waals surface area contributed by atoms with Crippen molar-refractivity contribution in [2.75, 3.05) is 6.54 Å². The molecule has 0 spiro atoms. The van der Waals surface area contributed by atoms with Crippen LogP contribution >= 0.6 is 0 Å². The lowest BCUT2D eigenvalue weighted by Crippen LogP contribution is -2.39.